The highest BCUT2D eigenvalue weighted by Crippen LogP contribution is 2.39. The highest BCUT2D eigenvalue weighted by Gasteiger charge is 2.46. The van der Waals surface area contributed by atoms with Gasteiger partial charge in [-0.3, -0.25) is 0 Å². The zero-order valence-electron chi connectivity index (χ0n) is 21.9. The third-order valence-corrected chi connectivity index (χ3v) is 6.47. The molecule has 0 aliphatic heterocycles. The summed E-state index contributed by atoms with van der Waals surface area (Å²) in [5.41, 5.74) is -0.414. The molecule has 0 saturated carbocycles. The second-order valence-electron chi connectivity index (χ2n) is 9.54. The fraction of sp³-hybridized carbons (Fsp3) is 0.212. The molecule has 0 bridgehead atoms. The van der Waals surface area contributed by atoms with E-state index in [2.05, 4.69) is 29.1 Å². The highest BCUT2D eigenvalue weighted by molar-refractivity contribution is 5.50. The first-order valence-corrected chi connectivity index (χ1v) is 12.8. The molecule has 4 rings (SSSR count). The van der Waals surface area contributed by atoms with Crippen LogP contribution in [-0.4, -0.2) is 6.11 Å². The van der Waals surface area contributed by atoms with Crippen molar-refractivity contribution in [1.82, 2.24) is 0 Å². The van der Waals surface area contributed by atoms with Crippen LogP contribution in [-0.2, 0) is 0 Å². The lowest BCUT2D eigenvalue weighted by molar-refractivity contribution is -0.209. The molecule has 0 amide bonds. The van der Waals surface area contributed by atoms with Crippen molar-refractivity contribution >= 4 is 0 Å². The monoisotopic (exact) mass is 586 g/mol. The van der Waals surface area contributed by atoms with Crippen LogP contribution in [0.3, 0.4) is 0 Å². The Hall–Kier alpha value is -4.50. The molecular weight excluding hydrogens is 564 g/mol. The summed E-state index contributed by atoms with van der Waals surface area (Å²) in [4.78, 5) is 0. The second-order valence-corrected chi connectivity index (χ2v) is 9.54. The SMILES string of the molecule is C=CCCC1C=CC(C#CC2=CCC(C(F)(F)Oc3cc(F)c(C#Cc4cc(F)c(F)c(F)c4)c(F)c3)C(F)=C2)=CC1. The van der Waals surface area contributed by atoms with Gasteiger partial charge in [-0.15, -0.1) is 6.58 Å². The van der Waals surface area contributed by atoms with Gasteiger partial charge in [-0.1, -0.05) is 54.1 Å². The first kappa shape index (κ1) is 30.5. The molecule has 2 aromatic carbocycles. The van der Waals surface area contributed by atoms with Crippen molar-refractivity contribution < 1.29 is 39.9 Å². The summed E-state index contributed by atoms with van der Waals surface area (Å²) in [7, 11) is 0. The Bertz CT molecular complexity index is 1590. The summed E-state index contributed by atoms with van der Waals surface area (Å²) in [6, 6.07) is 1.86. The maximum Gasteiger partial charge on any atom is 0.407 e. The molecule has 2 aliphatic rings. The number of benzene rings is 2. The number of ether oxygens (including phenoxy) is 1. The van der Waals surface area contributed by atoms with Crippen LogP contribution in [0.5, 0.6) is 5.75 Å². The molecule has 0 fully saturated rings. The molecular formula is C33H22F8O. The zero-order valence-corrected chi connectivity index (χ0v) is 21.9. The van der Waals surface area contributed by atoms with Gasteiger partial charge in [0.15, 0.2) is 17.5 Å². The van der Waals surface area contributed by atoms with E-state index in [0.29, 0.717) is 30.2 Å². The predicted molar refractivity (Wildman–Crippen MR) is 142 cm³/mol. The van der Waals surface area contributed by atoms with Crippen molar-refractivity contribution in [2.75, 3.05) is 0 Å². The van der Waals surface area contributed by atoms with Crippen molar-refractivity contribution in [3.05, 3.63) is 124 Å². The van der Waals surface area contributed by atoms with E-state index in [9.17, 15) is 35.1 Å². The van der Waals surface area contributed by atoms with Gasteiger partial charge in [-0.05, 0) is 49.8 Å². The fourth-order valence-electron chi connectivity index (χ4n) is 4.22. The summed E-state index contributed by atoms with van der Waals surface area (Å²) in [6.07, 6.45) is 7.85. The van der Waals surface area contributed by atoms with Gasteiger partial charge in [0.2, 0.25) is 0 Å². The van der Waals surface area contributed by atoms with E-state index in [1.807, 2.05) is 30.2 Å². The smallest absolute Gasteiger partial charge is 0.407 e. The number of alkyl halides is 2. The van der Waals surface area contributed by atoms with Crippen LogP contribution in [0.25, 0.3) is 0 Å². The van der Waals surface area contributed by atoms with Crippen LogP contribution in [0.2, 0.25) is 0 Å². The maximum absolute atomic E-state index is 14.8. The molecule has 1 nitrogen and oxygen atoms in total. The van der Waals surface area contributed by atoms with Crippen LogP contribution in [0, 0.1) is 64.6 Å². The lowest BCUT2D eigenvalue weighted by atomic mass is 9.92. The summed E-state index contributed by atoms with van der Waals surface area (Å²) >= 11 is 0. The number of rotatable bonds is 6. The van der Waals surface area contributed by atoms with E-state index in [4.69, 9.17) is 0 Å². The number of hydrogen-bond acceptors (Lipinski definition) is 1. The lowest BCUT2D eigenvalue weighted by Gasteiger charge is -2.27. The molecule has 0 N–H and O–H groups in total. The summed E-state index contributed by atoms with van der Waals surface area (Å²) in [6.45, 7) is 3.70. The van der Waals surface area contributed by atoms with Crippen molar-refractivity contribution in [3.63, 3.8) is 0 Å². The van der Waals surface area contributed by atoms with E-state index < -0.39 is 70.2 Å². The van der Waals surface area contributed by atoms with Crippen LogP contribution in [0.15, 0.2) is 84.3 Å². The molecule has 2 aromatic rings. The third kappa shape index (κ3) is 7.41. The van der Waals surface area contributed by atoms with Crippen molar-refractivity contribution in [3.8, 4) is 29.4 Å². The van der Waals surface area contributed by atoms with Gasteiger partial charge in [0, 0.05) is 28.8 Å². The van der Waals surface area contributed by atoms with Crippen LogP contribution >= 0.6 is 0 Å². The largest absolute Gasteiger partial charge is 0.432 e. The lowest BCUT2D eigenvalue weighted by Crippen LogP contribution is -2.36. The molecule has 2 aliphatic carbocycles. The van der Waals surface area contributed by atoms with Gasteiger partial charge < -0.3 is 4.74 Å². The Morgan fingerprint density at radius 1 is 0.833 bits per heavy atom. The predicted octanol–water partition coefficient (Wildman–Crippen LogP) is 9.03. The third-order valence-electron chi connectivity index (χ3n) is 6.47. The topological polar surface area (TPSA) is 9.23 Å². The van der Waals surface area contributed by atoms with Crippen molar-refractivity contribution in [2.24, 2.45) is 11.8 Å². The van der Waals surface area contributed by atoms with E-state index in [1.54, 1.807) is 0 Å². The van der Waals surface area contributed by atoms with Crippen LogP contribution in [0.4, 0.5) is 35.1 Å². The van der Waals surface area contributed by atoms with Crippen LogP contribution in [0.1, 0.15) is 36.8 Å². The Morgan fingerprint density at radius 2 is 1.48 bits per heavy atom. The maximum atomic E-state index is 14.8. The first-order chi connectivity index (χ1) is 20.0. The van der Waals surface area contributed by atoms with E-state index in [0.717, 1.165) is 30.9 Å². The summed E-state index contributed by atoms with van der Waals surface area (Å²) in [5.74, 6) is -1.86. The van der Waals surface area contributed by atoms with Gasteiger partial charge in [0.25, 0.3) is 0 Å². The minimum Gasteiger partial charge on any atom is -0.432 e. The Labute approximate surface area is 237 Å². The second kappa shape index (κ2) is 13.0. The minimum atomic E-state index is -4.19. The molecule has 0 saturated heterocycles. The molecule has 0 aromatic heterocycles. The number of halogens is 8. The standard InChI is InChI=1S/C33H22F8O/c1-2-3-4-20-5-7-21(8-6-20)9-10-22-12-14-26(29(36)15-22)33(40,41)42-24-18-27(34)25(28(35)19-24)13-11-23-16-30(37)32(39)31(38)17-23/h2,5,7-8,12,15-20,26H,1,3-4,6,14H2. The quantitative estimate of drug-likeness (QED) is 0.142. The van der Waals surface area contributed by atoms with Gasteiger partial charge >= 0.3 is 6.11 Å². The Kier molecular flexibility index (Phi) is 9.42. The first-order valence-electron chi connectivity index (χ1n) is 12.8. The average molecular weight is 587 g/mol. The molecule has 0 spiro atoms. The van der Waals surface area contributed by atoms with Gasteiger partial charge in [-0.25, -0.2) is 26.3 Å². The molecule has 42 heavy (non-hydrogen) atoms. The highest BCUT2D eigenvalue weighted by atomic mass is 19.3. The summed E-state index contributed by atoms with van der Waals surface area (Å²) < 4.78 is 118. The van der Waals surface area contributed by atoms with E-state index >= 15 is 0 Å². The van der Waals surface area contributed by atoms with E-state index in [-0.39, 0.29) is 5.57 Å². The van der Waals surface area contributed by atoms with Gasteiger partial charge in [0.05, 0.1) is 5.56 Å². The van der Waals surface area contributed by atoms with Crippen LogP contribution < -0.4 is 4.74 Å². The normalized spacial score (nSPS) is 18.0. The minimum absolute atomic E-state index is 0.198. The van der Waals surface area contributed by atoms with Crippen molar-refractivity contribution in [1.29, 1.82) is 0 Å². The average Bonchev–Trinajstić information content (AvgIpc) is 2.93. The Balaban J connectivity index is 1.43. The molecule has 0 radical (unpaired) electrons. The van der Waals surface area contributed by atoms with E-state index in [1.165, 1.54) is 6.08 Å². The fourth-order valence-corrected chi connectivity index (χ4v) is 4.22. The molecule has 9 heteroatoms. The number of hydrogen-bond donors (Lipinski definition) is 0. The zero-order chi connectivity index (χ0) is 30.4. The van der Waals surface area contributed by atoms with Crippen molar-refractivity contribution in [2.45, 2.75) is 31.8 Å². The molecule has 216 valence electrons. The molecule has 2 atom stereocenters. The molecule has 0 heterocycles. The summed E-state index contributed by atoms with van der Waals surface area (Å²) in [5, 5.41) is 0. The van der Waals surface area contributed by atoms with Gasteiger partial charge in [-0.2, -0.15) is 8.78 Å². The van der Waals surface area contributed by atoms with Gasteiger partial charge in [0.1, 0.15) is 29.1 Å². The molecule has 2 unspecified atom stereocenters. The Morgan fingerprint density at radius 3 is 2.07 bits per heavy atom. The number of allylic oxidation sites excluding steroid dienone is 8.